The molecule has 0 aliphatic carbocycles. The molecule has 4 rings (SSSR count). The molecular formula is C27H33N3O3. The van der Waals surface area contributed by atoms with Crippen LogP contribution in [0.1, 0.15) is 54.5 Å². The standard InChI is InChI=1S/C27H33N3O3/c1-4-33-27(32)23-9-6-14-29(17-23)18-26(31)30-25(21-12-10-19(2)11-13-21)16-24(28-30)22-8-5-7-20(3)15-22/h5,7-8,10-13,15,23,25H,4,6,9,14,16-18H2,1-3H3. The van der Waals surface area contributed by atoms with Crippen LogP contribution in [0.3, 0.4) is 0 Å². The van der Waals surface area contributed by atoms with Crippen molar-refractivity contribution in [3.8, 4) is 0 Å². The molecule has 1 fully saturated rings. The molecule has 2 aliphatic heterocycles. The fraction of sp³-hybridized carbons (Fsp3) is 0.444. The van der Waals surface area contributed by atoms with Crippen LogP contribution in [0.2, 0.25) is 0 Å². The largest absolute Gasteiger partial charge is 0.466 e. The maximum atomic E-state index is 13.5. The summed E-state index contributed by atoms with van der Waals surface area (Å²) in [5.74, 6) is -0.356. The van der Waals surface area contributed by atoms with Crippen LogP contribution in [-0.4, -0.2) is 53.7 Å². The third-order valence-corrected chi connectivity index (χ3v) is 6.46. The lowest BCUT2D eigenvalue weighted by atomic mass is 9.96. The fourth-order valence-electron chi connectivity index (χ4n) is 4.70. The van der Waals surface area contributed by atoms with Gasteiger partial charge in [0, 0.05) is 13.0 Å². The zero-order valence-corrected chi connectivity index (χ0v) is 19.8. The zero-order chi connectivity index (χ0) is 23.4. The van der Waals surface area contributed by atoms with E-state index in [0.717, 1.165) is 36.2 Å². The summed E-state index contributed by atoms with van der Waals surface area (Å²) < 4.78 is 5.21. The van der Waals surface area contributed by atoms with Gasteiger partial charge < -0.3 is 4.74 Å². The van der Waals surface area contributed by atoms with Crippen molar-refractivity contribution in [2.45, 2.75) is 46.1 Å². The number of carbonyl (C=O) groups excluding carboxylic acids is 2. The fourth-order valence-corrected chi connectivity index (χ4v) is 4.70. The average molecular weight is 448 g/mol. The van der Waals surface area contributed by atoms with E-state index in [1.165, 1.54) is 11.1 Å². The van der Waals surface area contributed by atoms with E-state index in [1.54, 1.807) is 5.01 Å². The molecule has 2 aromatic rings. The zero-order valence-electron chi connectivity index (χ0n) is 19.8. The maximum absolute atomic E-state index is 13.5. The number of piperidine rings is 1. The number of ether oxygens (including phenoxy) is 1. The van der Waals surface area contributed by atoms with Crippen molar-refractivity contribution >= 4 is 17.6 Å². The molecule has 0 saturated carbocycles. The second-order valence-corrected chi connectivity index (χ2v) is 9.11. The average Bonchev–Trinajstić information content (AvgIpc) is 3.26. The lowest BCUT2D eigenvalue weighted by molar-refractivity contribution is -0.150. The van der Waals surface area contributed by atoms with Gasteiger partial charge in [-0.05, 0) is 51.3 Å². The summed E-state index contributed by atoms with van der Waals surface area (Å²) in [4.78, 5) is 27.8. The molecule has 174 valence electrons. The number of benzene rings is 2. The summed E-state index contributed by atoms with van der Waals surface area (Å²) in [5.41, 5.74) is 5.43. The minimum absolute atomic E-state index is 0.0345. The molecular weight excluding hydrogens is 414 g/mol. The number of rotatable bonds is 6. The highest BCUT2D eigenvalue weighted by Gasteiger charge is 2.35. The Bertz CT molecular complexity index is 1030. The van der Waals surface area contributed by atoms with Gasteiger partial charge in [-0.3, -0.25) is 14.5 Å². The van der Waals surface area contributed by atoms with Crippen LogP contribution in [0.25, 0.3) is 0 Å². The van der Waals surface area contributed by atoms with Crippen molar-refractivity contribution in [1.29, 1.82) is 0 Å². The predicted octanol–water partition coefficient (Wildman–Crippen LogP) is 4.26. The maximum Gasteiger partial charge on any atom is 0.310 e. The Hall–Kier alpha value is -2.99. The van der Waals surface area contributed by atoms with E-state index >= 15 is 0 Å². The van der Waals surface area contributed by atoms with E-state index in [4.69, 9.17) is 9.84 Å². The summed E-state index contributed by atoms with van der Waals surface area (Å²) >= 11 is 0. The second kappa shape index (κ2) is 10.3. The van der Waals surface area contributed by atoms with Crippen molar-refractivity contribution < 1.29 is 14.3 Å². The number of nitrogens with zero attached hydrogens (tertiary/aromatic N) is 3. The van der Waals surface area contributed by atoms with Crippen molar-refractivity contribution in [2.75, 3.05) is 26.2 Å². The SMILES string of the molecule is CCOC(=O)C1CCCN(CC(=O)N2N=C(c3cccc(C)c3)CC2c2ccc(C)cc2)C1. The van der Waals surface area contributed by atoms with E-state index in [0.29, 0.717) is 19.6 Å². The number of likely N-dealkylation sites (tertiary alicyclic amines) is 1. The Kier molecular flexibility index (Phi) is 7.23. The lowest BCUT2D eigenvalue weighted by Crippen LogP contribution is -2.44. The molecule has 2 aromatic carbocycles. The molecule has 0 bridgehead atoms. The topological polar surface area (TPSA) is 62.2 Å². The van der Waals surface area contributed by atoms with Gasteiger partial charge in [-0.1, -0.05) is 59.7 Å². The highest BCUT2D eigenvalue weighted by atomic mass is 16.5. The first-order valence-electron chi connectivity index (χ1n) is 11.9. The first-order chi connectivity index (χ1) is 15.9. The van der Waals surface area contributed by atoms with E-state index in [9.17, 15) is 9.59 Å². The Balaban J connectivity index is 1.54. The Morgan fingerprint density at radius 1 is 1.09 bits per heavy atom. The first-order valence-corrected chi connectivity index (χ1v) is 11.9. The van der Waals surface area contributed by atoms with Gasteiger partial charge in [0.15, 0.2) is 0 Å². The smallest absolute Gasteiger partial charge is 0.310 e. The van der Waals surface area contributed by atoms with Gasteiger partial charge in [-0.2, -0.15) is 5.10 Å². The summed E-state index contributed by atoms with van der Waals surface area (Å²) in [7, 11) is 0. The van der Waals surface area contributed by atoms with Gasteiger partial charge in [0.25, 0.3) is 5.91 Å². The Labute approximate surface area is 196 Å². The van der Waals surface area contributed by atoms with Crippen LogP contribution in [0.4, 0.5) is 0 Å². The number of hydrogen-bond donors (Lipinski definition) is 0. The second-order valence-electron chi connectivity index (χ2n) is 9.11. The van der Waals surface area contributed by atoms with Gasteiger partial charge >= 0.3 is 5.97 Å². The first kappa shape index (κ1) is 23.2. The Morgan fingerprint density at radius 2 is 1.88 bits per heavy atom. The van der Waals surface area contributed by atoms with Crippen LogP contribution in [-0.2, 0) is 14.3 Å². The number of carbonyl (C=O) groups is 2. The van der Waals surface area contributed by atoms with Crippen LogP contribution in [0.15, 0.2) is 53.6 Å². The Morgan fingerprint density at radius 3 is 2.61 bits per heavy atom. The van der Waals surface area contributed by atoms with Gasteiger partial charge in [0.2, 0.25) is 0 Å². The number of esters is 1. The summed E-state index contributed by atoms with van der Waals surface area (Å²) in [6, 6.07) is 16.5. The van der Waals surface area contributed by atoms with Crippen molar-refractivity contribution in [3.05, 3.63) is 70.8 Å². The van der Waals surface area contributed by atoms with E-state index in [1.807, 2.05) is 13.0 Å². The van der Waals surface area contributed by atoms with Crippen molar-refractivity contribution in [1.82, 2.24) is 9.91 Å². The monoisotopic (exact) mass is 447 g/mol. The third kappa shape index (κ3) is 5.50. The van der Waals surface area contributed by atoms with Crippen LogP contribution in [0, 0.1) is 19.8 Å². The van der Waals surface area contributed by atoms with Crippen molar-refractivity contribution in [3.63, 3.8) is 0 Å². The minimum Gasteiger partial charge on any atom is -0.466 e. The van der Waals surface area contributed by atoms with Gasteiger partial charge in [0.1, 0.15) is 0 Å². The number of aryl methyl sites for hydroxylation is 2. The van der Waals surface area contributed by atoms with Crippen LogP contribution < -0.4 is 0 Å². The number of hydrazone groups is 1. The normalized spacial score (nSPS) is 21.1. The highest BCUT2D eigenvalue weighted by molar-refractivity contribution is 6.03. The molecule has 0 spiro atoms. The molecule has 0 radical (unpaired) electrons. The molecule has 2 unspecified atom stereocenters. The van der Waals surface area contributed by atoms with E-state index < -0.39 is 0 Å². The molecule has 0 aromatic heterocycles. The highest BCUT2D eigenvalue weighted by Crippen LogP contribution is 2.33. The number of hydrogen-bond acceptors (Lipinski definition) is 5. The van der Waals surface area contributed by atoms with Crippen LogP contribution >= 0.6 is 0 Å². The summed E-state index contributed by atoms with van der Waals surface area (Å²) in [6.07, 6.45) is 2.38. The summed E-state index contributed by atoms with van der Waals surface area (Å²) in [6.45, 7) is 7.95. The van der Waals surface area contributed by atoms with Crippen molar-refractivity contribution in [2.24, 2.45) is 11.0 Å². The molecule has 33 heavy (non-hydrogen) atoms. The molecule has 1 saturated heterocycles. The molecule has 1 amide bonds. The van der Waals surface area contributed by atoms with E-state index in [-0.39, 0.29) is 30.4 Å². The lowest BCUT2D eigenvalue weighted by Gasteiger charge is -2.32. The third-order valence-electron chi connectivity index (χ3n) is 6.46. The predicted molar refractivity (Wildman–Crippen MR) is 129 cm³/mol. The quantitative estimate of drug-likeness (QED) is 0.621. The molecule has 0 N–H and O–H groups in total. The number of amides is 1. The van der Waals surface area contributed by atoms with Gasteiger partial charge in [-0.15, -0.1) is 0 Å². The molecule has 2 atom stereocenters. The van der Waals surface area contributed by atoms with Gasteiger partial charge in [0.05, 0.1) is 30.8 Å². The van der Waals surface area contributed by atoms with Crippen LogP contribution in [0.5, 0.6) is 0 Å². The molecule has 6 nitrogen and oxygen atoms in total. The van der Waals surface area contributed by atoms with Gasteiger partial charge in [-0.25, -0.2) is 5.01 Å². The van der Waals surface area contributed by atoms with E-state index in [2.05, 4.69) is 61.2 Å². The molecule has 2 heterocycles. The molecule has 6 heteroatoms. The molecule has 2 aliphatic rings. The summed E-state index contributed by atoms with van der Waals surface area (Å²) in [5, 5.41) is 6.47. The minimum atomic E-state index is -0.163.